The molecule has 4 heterocycles. The molecule has 1 aromatic heterocycles. The highest BCUT2D eigenvalue weighted by atomic mass is 32.2. The van der Waals surface area contributed by atoms with Gasteiger partial charge in [0.2, 0.25) is 21.8 Å². The van der Waals surface area contributed by atoms with Crippen LogP contribution in [0.2, 0.25) is 0 Å². The lowest BCUT2D eigenvalue weighted by atomic mass is 9.98. The molecule has 2 amide bonds. The van der Waals surface area contributed by atoms with Gasteiger partial charge in [0, 0.05) is 32.7 Å². The molecule has 198 valence electrons. The molecule has 12 nitrogen and oxygen atoms in total. The second kappa shape index (κ2) is 10.1. The molecule has 4 fully saturated rings. The summed E-state index contributed by atoms with van der Waals surface area (Å²) in [5.41, 5.74) is -0.259. The Morgan fingerprint density at radius 3 is 2.53 bits per heavy atom. The van der Waals surface area contributed by atoms with Gasteiger partial charge in [-0.25, -0.2) is 23.2 Å². The molecular weight excluding hydrogens is 488 g/mol. The highest BCUT2D eigenvalue weighted by Gasteiger charge is 2.43. The van der Waals surface area contributed by atoms with Crippen molar-refractivity contribution in [3.05, 3.63) is 12.4 Å². The molecule has 0 spiro atoms. The molecule has 1 aromatic rings. The van der Waals surface area contributed by atoms with E-state index in [1.807, 2.05) is 6.92 Å². The first-order valence-corrected chi connectivity index (χ1v) is 14.2. The van der Waals surface area contributed by atoms with E-state index in [2.05, 4.69) is 15.3 Å². The number of hydrogen-bond donors (Lipinski definition) is 1. The summed E-state index contributed by atoms with van der Waals surface area (Å²) in [4.78, 5) is 36.8. The summed E-state index contributed by atoms with van der Waals surface area (Å²) >= 11 is 0. The summed E-state index contributed by atoms with van der Waals surface area (Å²) in [6.07, 6.45) is 6.84. The first-order valence-electron chi connectivity index (χ1n) is 12.7. The van der Waals surface area contributed by atoms with Crippen molar-refractivity contribution >= 4 is 27.8 Å². The lowest BCUT2D eigenvalue weighted by Crippen LogP contribution is -2.54. The molecule has 0 radical (unpaired) electrons. The maximum absolute atomic E-state index is 12.8. The van der Waals surface area contributed by atoms with Crippen LogP contribution < -0.4 is 15.0 Å². The Hall–Kier alpha value is -2.51. The van der Waals surface area contributed by atoms with Gasteiger partial charge in [-0.05, 0) is 51.5 Å². The monoisotopic (exact) mass is 522 g/mol. The van der Waals surface area contributed by atoms with Crippen LogP contribution in [0.15, 0.2) is 12.4 Å². The van der Waals surface area contributed by atoms with E-state index in [0.29, 0.717) is 56.8 Å². The number of amides is 2. The zero-order chi connectivity index (χ0) is 25.3. The Balaban J connectivity index is 1.07. The second-order valence-corrected chi connectivity index (χ2v) is 12.5. The Kier molecular flexibility index (Phi) is 7.05. The number of rotatable bonds is 7. The van der Waals surface area contributed by atoms with Crippen LogP contribution in [0.25, 0.3) is 0 Å². The fourth-order valence-electron chi connectivity index (χ4n) is 4.77. The van der Waals surface area contributed by atoms with Crippen LogP contribution in [0, 0.1) is 5.92 Å². The molecular formula is C23H34N6O6S. The smallest absolute Gasteiger partial charge is 0.410 e. The molecule has 0 aromatic carbocycles. The van der Waals surface area contributed by atoms with E-state index in [1.54, 1.807) is 4.90 Å². The molecule has 36 heavy (non-hydrogen) atoms. The van der Waals surface area contributed by atoms with Crippen LogP contribution >= 0.6 is 0 Å². The van der Waals surface area contributed by atoms with Crippen molar-refractivity contribution in [2.45, 2.75) is 49.9 Å². The Bertz CT molecular complexity index is 1070. The average Bonchev–Trinajstić information content (AvgIpc) is 3.34. The fraction of sp³-hybridized carbons (Fsp3) is 0.739. The molecule has 3 saturated heterocycles. The highest BCUT2D eigenvalue weighted by Crippen LogP contribution is 2.39. The number of anilines is 1. The highest BCUT2D eigenvalue weighted by molar-refractivity contribution is 7.89. The summed E-state index contributed by atoms with van der Waals surface area (Å²) in [6.45, 7) is 5.11. The first-order chi connectivity index (χ1) is 17.2. The Labute approximate surface area is 211 Å². The van der Waals surface area contributed by atoms with Crippen molar-refractivity contribution in [3.8, 4) is 5.88 Å². The maximum atomic E-state index is 12.8. The first kappa shape index (κ1) is 25.2. The standard InChI is InChI=1S/C23H34N6O6S/c1-23(5-6-23)35-22(31)27-8-3-17(4-9-27)16-34-20-14-25-19(13-26-20)29-11-10-28(15-21(29)30)36(32,33)18-2-7-24-12-18/h13-14,17-18,24H,2-12,15-16H2,1H3/t18-/m1/s1. The number of hydrogen-bond acceptors (Lipinski definition) is 9. The van der Waals surface area contributed by atoms with Crippen LogP contribution in [-0.4, -0.2) is 103 Å². The van der Waals surface area contributed by atoms with E-state index < -0.39 is 15.3 Å². The number of sulfonamides is 1. The van der Waals surface area contributed by atoms with Crippen molar-refractivity contribution in [2.24, 2.45) is 5.92 Å². The van der Waals surface area contributed by atoms with E-state index in [-0.39, 0.29) is 37.2 Å². The second-order valence-electron chi connectivity index (χ2n) is 10.3. The molecule has 0 bridgehead atoms. The van der Waals surface area contributed by atoms with Gasteiger partial charge in [0.05, 0.1) is 30.8 Å². The predicted molar refractivity (Wildman–Crippen MR) is 130 cm³/mol. The zero-order valence-corrected chi connectivity index (χ0v) is 21.4. The summed E-state index contributed by atoms with van der Waals surface area (Å²) in [7, 11) is -3.50. The molecule has 5 rings (SSSR count). The van der Waals surface area contributed by atoms with Crippen molar-refractivity contribution in [1.82, 2.24) is 24.5 Å². The fourth-order valence-corrected chi connectivity index (χ4v) is 6.56. The molecule has 0 unspecified atom stereocenters. The lowest BCUT2D eigenvalue weighted by molar-refractivity contribution is -0.120. The number of carbonyl (C=O) groups is 2. The van der Waals surface area contributed by atoms with Crippen LogP contribution in [0.3, 0.4) is 0 Å². The topological polar surface area (TPSA) is 134 Å². The average molecular weight is 523 g/mol. The third kappa shape index (κ3) is 5.57. The minimum Gasteiger partial charge on any atom is -0.476 e. The number of piperazine rings is 1. The van der Waals surface area contributed by atoms with Gasteiger partial charge in [-0.1, -0.05) is 0 Å². The number of piperidine rings is 1. The quantitative estimate of drug-likeness (QED) is 0.546. The largest absolute Gasteiger partial charge is 0.476 e. The number of nitrogens with one attached hydrogen (secondary N) is 1. The van der Waals surface area contributed by atoms with Gasteiger partial charge in [-0.2, -0.15) is 4.31 Å². The van der Waals surface area contributed by atoms with Gasteiger partial charge in [0.15, 0.2) is 5.82 Å². The van der Waals surface area contributed by atoms with Gasteiger partial charge >= 0.3 is 6.09 Å². The summed E-state index contributed by atoms with van der Waals surface area (Å²) in [6, 6.07) is 0. The van der Waals surface area contributed by atoms with Gasteiger partial charge in [0.25, 0.3) is 0 Å². The third-order valence-corrected chi connectivity index (χ3v) is 9.78. The minimum absolute atomic E-state index is 0.190. The number of ether oxygens (including phenoxy) is 2. The summed E-state index contributed by atoms with van der Waals surface area (Å²) in [5, 5.41) is 2.59. The molecule has 3 aliphatic heterocycles. The van der Waals surface area contributed by atoms with E-state index >= 15 is 0 Å². The van der Waals surface area contributed by atoms with Crippen molar-refractivity contribution < 1.29 is 27.5 Å². The van der Waals surface area contributed by atoms with E-state index in [9.17, 15) is 18.0 Å². The number of nitrogens with zero attached hydrogens (tertiary/aromatic N) is 5. The van der Waals surface area contributed by atoms with E-state index in [1.165, 1.54) is 21.6 Å². The molecule has 1 saturated carbocycles. The Morgan fingerprint density at radius 2 is 1.92 bits per heavy atom. The van der Waals surface area contributed by atoms with Crippen LogP contribution in [0.4, 0.5) is 10.6 Å². The minimum atomic E-state index is -3.50. The van der Waals surface area contributed by atoms with Crippen molar-refractivity contribution in [1.29, 1.82) is 0 Å². The van der Waals surface area contributed by atoms with Crippen LogP contribution in [0.1, 0.15) is 39.0 Å². The predicted octanol–water partition coefficient (Wildman–Crippen LogP) is 0.597. The number of likely N-dealkylation sites (tertiary alicyclic amines) is 1. The van der Waals surface area contributed by atoms with Gasteiger partial charge in [-0.15, -0.1) is 0 Å². The number of carbonyl (C=O) groups excluding carboxylic acids is 2. The zero-order valence-electron chi connectivity index (χ0n) is 20.6. The maximum Gasteiger partial charge on any atom is 0.410 e. The van der Waals surface area contributed by atoms with Crippen LogP contribution in [-0.2, 0) is 19.6 Å². The van der Waals surface area contributed by atoms with Gasteiger partial charge in [-0.3, -0.25) is 9.69 Å². The SMILES string of the molecule is CC1(OC(=O)N2CCC(COc3cnc(N4CCN(S(=O)(=O)[C@@H]5CCNC5)CC4=O)cn3)CC2)CC1. The summed E-state index contributed by atoms with van der Waals surface area (Å²) < 4.78 is 38.2. The molecule has 4 aliphatic rings. The van der Waals surface area contributed by atoms with E-state index in [4.69, 9.17) is 9.47 Å². The molecule has 13 heteroatoms. The van der Waals surface area contributed by atoms with E-state index in [0.717, 1.165) is 25.7 Å². The van der Waals surface area contributed by atoms with Crippen molar-refractivity contribution in [3.63, 3.8) is 0 Å². The summed E-state index contributed by atoms with van der Waals surface area (Å²) in [5.74, 6) is 0.728. The van der Waals surface area contributed by atoms with Crippen molar-refractivity contribution in [2.75, 3.05) is 57.3 Å². The normalized spacial score (nSPS) is 25.1. The van der Waals surface area contributed by atoms with Crippen LogP contribution in [0.5, 0.6) is 5.88 Å². The molecule has 1 atom stereocenters. The lowest BCUT2D eigenvalue weighted by Gasteiger charge is -2.34. The van der Waals surface area contributed by atoms with Gasteiger partial charge in [0.1, 0.15) is 5.60 Å². The van der Waals surface area contributed by atoms with Gasteiger partial charge < -0.3 is 19.7 Å². The Morgan fingerprint density at radius 1 is 1.14 bits per heavy atom. The molecule has 1 N–H and O–H groups in total. The molecule has 1 aliphatic carbocycles. The number of aromatic nitrogens is 2. The third-order valence-electron chi connectivity index (χ3n) is 7.50.